The summed E-state index contributed by atoms with van der Waals surface area (Å²) in [5, 5.41) is 3.57. The molecular formula is C15H23ClN2O2S. The number of halogens is 1. The topological polar surface area (TPSA) is 64.3 Å². The third kappa shape index (κ3) is 5.51. The second kappa shape index (κ2) is 9.30. The van der Waals surface area contributed by atoms with Crippen LogP contribution in [0.3, 0.4) is 0 Å². The van der Waals surface area contributed by atoms with Crippen molar-refractivity contribution < 1.29 is 9.53 Å². The second-order valence-electron chi connectivity index (χ2n) is 5.00. The summed E-state index contributed by atoms with van der Waals surface area (Å²) in [6.07, 6.45) is 4.74. The molecule has 1 amide bonds. The van der Waals surface area contributed by atoms with Crippen LogP contribution in [0.15, 0.2) is 29.2 Å². The molecule has 118 valence electrons. The molecule has 0 heterocycles. The average Bonchev–Trinajstić information content (AvgIpc) is 2.95. The molecule has 1 aliphatic carbocycles. The van der Waals surface area contributed by atoms with E-state index in [0.717, 1.165) is 10.9 Å². The molecule has 1 aliphatic rings. The van der Waals surface area contributed by atoms with Crippen LogP contribution in [-0.2, 0) is 9.53 Å². The summed E-state index contributed by atoms with van der Waals surface area (Å²) in [6, 6.07) is 7.97. The molecule has 1 aromatic carbocycles. The molecule has 1 saturated carbocycles. The molecule has 0 saturated heterocycles. The first-order valence-electron chi connectivity index (χ1n) is 7.03. The van der Waals surface area contributed by atoms with Gasteiger partial charge in [-0.1, -0.05) is 12.8 Å². The van der Waals surface area contributed by atoms with E-state index in [1.54, 1.807) is 0 Å². The van der Waals surface area contributed by atoms with E-state index in [1.807, 2.05) is 23.9 Å². The molecule has 1 unspecified atom stereocenters. The molecule has 0 radical (unpaired) electrons. The average molecular weight is 331 g/mol. The van der Waals surface area contributed by atoms with Gasteiger partial charge in [-0.25, -0.2) is 0 Å². The van der Waals surface area contributed by atoms with E-state index in [0.29, 0.717) is 0 Å². The van der Waals surface area contributed by atoms with E-state index < -0.39 is 6.10 Å². The number of benzene rings is 1. The second-order valence-corrected chi connectivity index (χ2v) is 6.37. The van der Waals surface area contributed by atoms with E-state index in [1.165, 1.54) is 37.7 Å². The Morgan fingerprint density at radius 3 is 2.52 bits per heavy atom. The van der Waals surface area contributed by atoms with Crippen LogP contribution in [-0.4, -0.2) is 30.9 Å². The van der Waals surface area contributed by atoms with Gasteiger partial charge in [0, 0.05) is 29.5 Å². The minimum atomic E-state index is -0.595. The third-order valence-corrected chi connectivity index (χ3v) is 4.87. The van der Waals surface area contributed by atoms with Gasteiger partial charge < -0.3 is 15.8 Å². The number of methoxy groups -OCH3 is 1. The Bertz CT molecular complexity index is 432. The van der Waals surface area contributed by atoms with E-state index in [2.05, 4.69) is 17.4 Å². The molecule has 1 aromatic rings. The molecule has 21 heavy (non-hydrogen) atoms. The Hall–Kier alpha value is -0.750. The zero-order valence-corrected chi connectivity index (χ0v) is 13.8. The van der Waals surface area contributed by atoms with Gasteiger partial charge in [0.1, 0.15) is 6.10 Å². The summed E-state index contributed by atoms with van der Waals surface area (Å²) in [5.41, 5.74) is 6.24. The predicted octanol–water partition coefficient (Wildman–Crippen LogP) is 3.06. The Morgan fingerprint density at radius 2 is 2.00 bits per heavy atom. The highest BCUT2D eigenvalue weighted by atomic mass is 35.5. The van der Waals surface area contributed by atoms with Crippen molar-refractivity contribution >= 4 is 35.8 Å². The quantitative estimate of drug-likeness (QED) is 0.841. The van der Waals surface area contributed by atoms with Crippen molar-refractivity contribution in [2.24, 2.45) is 5.73 Å². The van der Waals surface area contributed by atoms with Crippen molar-refractivity contribution in [3.05, 3.63) is 24.3 Å². The largest absolute Gasteiger partial charge is 0.370 e. The summed E-state index contributed by atoms with van der Waals surface area (Å²) < 4.78 is 5.00. The number of nitrogens with one attached hydrogen (secondary N) is 1. The molecule has 0 aliphatic heterocycles. The number of nitrogens with two attached hydrogens (primary N) is 1. The highest BCUT2D eigenvalue weighted by Gasteiger charge is 2.17. The van der Waals surface area contributed by atoms with Crippen LogP contribution in [0.1, 0.15) is 25.7 Å². The maximum absolute atomic E-state index is 11.8. The van der Waals surface area contributed by atoms with E-state index >= 15 is 0 Å². The smallest absolute Gasteiger partial charge is 0.254 e. The SMILES string of the molecule is COC(CN)C(=O)Nc1ccc(SC2CCCC2)cc1.Cl. The number of rotatable bonds is 6. The van der Waals surface area contributed by atoms with Gasteiger partial charge in [-0.15, -0.1) is 24.2 Å². The lowest BCUT2D eigenvalue weighted by Crippen LogP contribution is -2.35. The highest BCUT2D eigenvalue weighted by Crippen LogP contribution is 2.34. The molecule has 1 fully saturated rings. The van der Waals surface area contributed by atoms with E-state index in [-0.39, 0.29) is 24.9 Å². The number of hydrogen-bond donors (Lipinski definition) is 2. The van der Waals surface area contributed by atoms with E-state index in [9.17, 15) is 4.79 Å². The Balaban J connectivity index is 0.00000220. The first-order valence-corrected chi connectivity index (χ1v) is 7.91. The summed E-state index contributed by atoms with van der Waals surface area (Å²) >= 11 is 1.94. The number of thioether (sulfide) groups is 1. The van der Waals surface area contributed by atoms with Gasteiger partial charge in [0.2, 0.25) is 0 Å². The summed E-state index contributed by atoms with van der Waals surface area (Å²) in [7, 11) is 1.48. The Labute approximate surface area is 136 Å². The first-order chi connectivity index (χ1) is 9.72. The highest BCUT2D eigenvalue weighted by molar-refractivity contribution is 8.00. The first kappa shape index (κ1) is 18.3. The van der Waals surface area contributed by atoms with Crippen LogP contribution < -0.4 is 11.1 Å². The third-order valence-electron chi connectivity index (χ3n) is 3.52. The van der Waals surface area contributed by atoms with Crippen LogP contribution in [0.2, 0.25) is 0 Å². The van der Waals surface area contributed by atoms with Crippen molar-refractivity contribution in [1.82, 2.24) is 0 Å². The standard InChI is InChI=1S/C15H22N2O2S.ClH/c1-19-14(10-16)15(18)17-11-6-8-13(9-7-11)20-12-4-2-3-5-12;/h6-9,12,14H,2-5,10,16H2,1H3,(H,17,18);1H. The van der Waals surface area contributed by atoms with Crippen LogP contribution in [0.5, 0.6) is 0 Å². The normalized spacial score (nSPS) is 16.3. The molecule has 0 bridgehead atoms. The van der Waals surface area contributed by atoms with Gasteiger partial charge in [-0.3, -0.25) is 4.79 Å². The molecule has 1 atom stereocenters. The van der Waals surface area contributed by atoms with Crippen molar-refractivity contribution in [1.29, 1.82) is 0 Å². The number of carbonyl (C=O) groups is 1. The van der Waals surface area contributed by atoms with Crippen molar-refractivity contribution in [3.8, 4) is 0 Å². The van der Waals surface area contributed by atoms with Crippen LogP contribution >= 0.6 is 24.2 Å². The number of hydrogen-bond acceptors (Lipinski definition) is 4. The predicted molar refractivity (Wildman–Crippen MR) is 90.3 cm³/mol. The minimum Gasteiger partial charge on any atom is -0.370 e. The molecular weight excluding hydrogens is 308 g/mol. The molecule has 0 spiro atoms. The Kier molecular flexibility index (Phi) is 8.11. The zero-order chi connectivity index (χ0) is 14.4. The van der Waals surface area contributed by atoms with Crippen molar-refractivity contribution in [2.75, 3.05) is 19.0 Å². The number of carbonyl (C=O) groups excluding carboxylic acids is 1. The molecule has 0 aromatic heterocycles. The van der Waals surface area contributed by atoms with Crippen LogP contribution in [0.4, 0.5) is 5.69 Å². The summed E-state index contributed by atoms with van der Waals surface area (Å²) in [6.45, 7) is 0.179. The summed E-state index contributed by atoms with van der Waals surface area (Å²) in [4.78, 5) is 13.1. The summed E-state index contributed by atoms with van der Waals surface area (Å²) in [5.74, 6) is -0.203. The van der Waals surface area contributed by atoms with Gasteiger partial charge in [-0.05, 0) is 37.1 Å². The van der Waals surface area contributed by atoms with Crippen LogP contribution in [0, 0.1) is 0 Å². The van der Waals surface area contributed by atoms with Gasteiger partial charge in [0.15, 0.2) is 0 Å². The minimum absolute atomic E-state index is 0. The van der Waals surface area contributed by atoms with Crippen LogP contribution in [0.25, 0.3) is 0 Å². The number of ether oxygens (including phenoxy) is 1. The van der Waals surface area contributed by atoms with Gasteiger partial charge in [-0.2, -0.15) is 0 Å². The molecule has 4 nitrogen and oxygen atoms in total. The monoisotopic (exact) mass is 330 g/mol. The maximum Gasteiger partial charge on any atom is 0.254 e. The van der Waals surface area contributed by atoms with Crippen molar-refractivity contribution in [2.45, 2.75) is 41.9 Å². The molecule has 3 N–H and O–H groups in total. The lowest BCUT2D eigenvalue weighted by Gasteiger charge is -2.13. The lowest BCUT2D eigenvalue weighted by molar-refractivity contribution is -0.125. The zero-order valence-electron chi connectivity index (χ0n) is 12.2. The van der Waals surface area contributed by atoms with E-state index in [4.69, 9.17) is 10.5 Å². The van der Waals surface area contributed by atoms with Gasteiger partial charge in [0.05, 0.1) is 0 Å². The number of anilines is 1. The van der Waals surface area contributed by atoms with Gasteiger partial charge in [0.25, 0.3) is 5.91 Å². The van der Waals surface area contributed by atoms with Gasteiger partial charge >= 0.3 is 0 Å². The number of amides is 1. The van der Waals surface area contributed by atoms with Crippen molar-refractivity contribution in [3.63, 3.8) is 0 Å². The molecule has 6 heteroatoms. The fraction of sp³-hybridized carbons (Fsp3) is 0.533. The lowest BCUT2D eigenvalue weighted by atomic mass is 10.3. The fourth-order valence-electron chi connectivity index (χ4n) is 2.35. The Morgan fingerprint density at radius 1 is 1.38 bits per heavy atom. The molecule has 2 rings (SSSR count). The maximum atomic E-state index is 11.8. The fourth-order valence-corrected chi connectivity index (χ4v) is 3.60.